The predicted octanol–water partition coefficient (Wildman–Crippen LogP) is 2.56. The number of rotatable bonds is 6. The highest BCUT2D eigenvalue weighted by atomic mass is 16.5. The number of nitrogens with one attached hydrogen (secondary N) is 2. The summed E-state index contributed by atoms with van der Waals surface area (Å²) in [6.45, 7) is 5.87. The zero-order chi connectivity index (χ0) is 20.1. The summed E-state index contributed by atoms with van der Waals surface area (Å²) in [6.07, 6.45) is 3.83. The van der Waals surface area contributed by atoms with Gasteiger partial charge in [0.15, 0.2) is 0 Å². The zero-order valence-electron chi connectivity index (χ0n) is 16.2. The Bertz CT molecular complexity index is 955. The minimum atomic E-state index is -0.340. The van der Waals surface area contributed by atoms with Gasteiger partial charge in [-0.05, 0) is 51.1 Å². The number of nitrogens with zero attached hydrogens (tertiary/aromatic N) is 2. The Morgan fingerprint density at radius 3 is 2.71 bits per heavy atom. The fraction of sp³-hybridized carbons (Fsp3) is 0.286. The van der Waals surface area contributed by atoms with Crippen molar-refractivity contribution < 1.29 is 14.3 Å². The Hall–Kier alpha value is -3.35. The molecule has 3 aromatic rings. The van der Waals surface area contributed by atoms with Gasteiger partial charge in [-0.1, -0.05) is 12.1 Å². The molecule has 0 saturated heterocycles. The number of benzene rings is 1. The SMILES string of the molecule is CC(C)(C)NC(=O)CNC(=O)c1cccc(OCc2cn3ccccc3n2)c1. The van der Waals surface area contributed by atoms with Gasteiger partial charge in [-0.25, -0.2) is 4.98 Å². The van der Waals surface area contributed by atoms with Gasteiger partial charge in [-0.15, -0.1) is 0 Å². The van der Waals surface area contributed by atoms with E-state index in [0.717, 1.165) is 11.3 Å². The largest absolute Gasteiger partial charge is 0.487 e. The van der Waals surface area contributed by atoms with Crippen LogP contribution in [0.5, 0.6) is 5.75 Å². The van der Waals surface area contributed by atoms with E-state index in [-0.39, 0.29) is 23.9 Å². The monoisotopic (exact) mass is 380 g/mol. The van der Waals surface area contributed by atoms with Gasteiger partial charge in [-0.2, -0.15) is 0 Å². The molecule has 0 unspecified atom stereocenters. The number of ether oxygens (including phenoxy) is 1. The molecule has 3 rings (SSSR count). The molecule has 1 aromatic carbocycles. The van der Waals surface area contributed by atoms with Crippen LogP contribution in [0.4, 0.5) is 0 Å². The van der Waals surface area contributed by atoms with E-state index in [2.05, 4.69) is 15.6 Å². The standard InChI is InChI=1S/C21H24N4O3/c1-21(2,3)24-19(26)12-22-20(27)15-7-6-8-17(11-15)28-14-16-13-25-10-5-4-9-18(25)23-16/h4-11,13H,12,14H2,1-3H3,(H,22,27)(H,24,26). The third kappa shape index (κ3) is 5.33. The van der Waals surface area contributed by atoms with Gasteiger partial charge in [0.2, 0.25) is 5.91 Å². The number of carbonyl (C=O) groups excluding carboxylic acids is 2. The number of aromatic nitrogens is 2. The van der Waals surface area contributed by atoms with E-state index in [1.165, 1.54) is 0 Å². The second-order valence-corrected chi connectivity index (χ2v) is 7.50. The van der Waals surface area contributed by atoms with Crippen LogP contribution in [0.1, 0.15) is 36.8 Å². The minimum Gasteiger partial charge on any atom is -0.487 e. The van der Waals surface area contributed by atoms with Crippen LogP contribution >= 0.6 is 0 Å². The van der Waals surface area contributed by atoms with Crippen LogP contribution in [0.3, 0.4) is 0 Å². The molecule has 28 heavy (non-hydrogen) atoms. The second-order valence-electron chi connectivity index (χ2n) is 7.50. The fourth-order valence-corrected chi connectivity index (χ4v) is 2.67. The first kappa shape index (κ1) is 19.4. The van der Waals surface area contributed by atoms with E-state index in [0.29, 0.717) is 17.9 Å². The van der Waals surface area contributed by atoms with Gasteiger partial charge in [0.25, 0.3) is 5.91 Å². The van der Waals surface area contributed by atoms with Crippen molar-refractivity contribution in [3.63, 3.8) is 0 Å². The van der Waals surface area contributed by atoms with Crippen LogP contribution in [0.15, 0.2) is 54.9 Å². The van der Waals surface area contributed by atoms with Crippen LogP contribution < -0.4 is 15.4 Å². The Kier molecular flexibility index (Phi) is 5.63. The molecular weight excluding hydrogens is 356 g/mol. The highest BCUT2D eigenvalue weighted by Gasteiger charge is 2.15. The van der Waals surface area contributed by atoms with E-state index in [1.54, 1.807) is 24.3 Å². The molecule has 0 aliphatic carbocycles. The number of hydrogen-bond donors (Lipinski definition) is 2. The third-order valence-corrected chi connectivity index (χ3v) is 3.82. The van der Waals surface area contributed by atoms with Gasteiger partial charge in [0.1, 0.15) is 18.0 Å². The molecule has 0 atom stereocenters. The van der Waals surface area contributed by atoms with Crippen molar-refractivity contribution in [2.45, 2.75) is 32.9 Å². The van der Waals surface area contributed by atoms with E-state index < -0.39 is 0 Å². The summed E-state index contributed by atoms with van der Waals surface area (Å²) < 4.78 is 7.69. The van der Waals surface area contributed by atoms with Crippen molar-refractivity contribution in [3.05, 3.63) is 66.1 Å². The lowest BCUT2D eigenvalue weighted by Gasteiger charge is -2.20. The Morgan fingerprint density at radius 2 is 1.96 bits per heavy atom. The molecule has 0 spiro atoms. The molecule has 2 heterocycles. The Labute approximate surface area is 163 Å². The van der Waals surface area contributed by atoms with E-state index in [1.807, 2.05) is 55.8 Å². The summed E-state index contributed by atoms with van der Waals surface area (Å²) >= 11 is 0. The van der Waals surface area contributed by atoms with Crippen molar-refractivity contribution in [1.82, 2.24) is 20.0 Å². The maximum Gasteiger partial charge on any atom is 0.251 e. The topological polar surface area (TPSA) is 84.7 Å². The average molecular weight is 380 g/mol. The van der Waals surface area contributed by atoms with Crippen LogP contribution in [0, 0.1) is 0 Å². The molecule has 0 aliphatic rings. The van der Waals surface area contributed by atoms with Crippen LogP contribution in [0.25, 0.3) is 5.65 Å². The summed E-state index contributed by atoms with van der Waals surface area (Å²) in [7, 11) is 0. The second kappa shape index (κ2) is 8.12. The highest BCUT2D eigenvalue weighted by molar-refractivity contribution is 5.96. The van der Waals surface area contributed by atoms with Crippen molar-refractivity contribution in [3.8, 4) is 5.75 Å². The molecule has 146 valence electrons. The van der Waals surface area contributed by atoms with Crippen molar-refractivity contribution in [1.29, 1.82) is 0 Å². The number of imidazole rings is 1. The highest BCUT2D eigenvalue weighted by Crippen LogP contribution is 2.15. The van der Waals surface area contributed by atoms with Crippen LogP contribution in [-0.4, -0.2) is 33.3 Å². The lowest BCUT2D eigenvalue weighted by Crippen LogP contribution is -2.45. The molecule has 0 fully saturated rings. The normalized spacial score (nSPS) is 11.2. The molecule has 2 aromatic heterocycles. The smallest absolute Gasteiger partial charge is 0.251 e. The van der Waals surface area contributed by atoms with E-state index in [9.17, 15) is 9.59 Å². The number of carbonyl (C=O) groups is 2. The fourth-order valence-electron chi connectivity index (χ4n) is 2.67. The van der Waals surface area contributed by atoms with Gasteiger partial charge in [0, 0.05) is 23.5 Å². The summed E-state index contributed by atoms with van der Waals surface area (Å²) in [5.41, 5.74) is 1.73. The van der Waals surface area contributed by atoms with Gasteiger partial charge in [0.05, 0.1) is 12.2 Å². The van der Waals surface area contributed by atoms with Gasteiger partial charge < -0.3 is 19.8 Å². The molecule has 0 aliphatic heterocycles. The number of amides is 2. The number of fused-ring (bicyclic) bond motifs is 1. The minimum absolute atomic E-state index is 0.0809. The number of hydrogen-bond acceptors (Lipinski definition) is 4. The molecule has 2 amide bonds. The van der Waals surface area contributed by atoms with Crippen molar-refractivity contribution in [2.24, 2.45) is 0 Å². The van der Waals surface area contributed by atoms with E-state index in [4.69, 9.17) is 4.74 Å². The zero-order valence-corrected chi connectivity index (χ0v) is 16.2. The summed E-state index contributed by atoms with van der Waals surface area (Å²) in [4.78, 5) is 28.6. The van der Waals surface area contributed by atoms with Crippen molar-refractivity contribution >= 4 is 17.5 Å². The third-order valence-electron chi connectivity index (χ3n) is 3.82. The number of pyridine rings is 1. The predicted molar refractivity (Wildman–Crippen MR) is 106 cm³/mol. The Balaban J connectivity index is 1.57. The van der Waals surface area contributed by atoms with E-state index >= 15 is 0 Å². The molecule has 0 bridgehead atoms. The van der Waals surface area contributed by atoms with Crippen molar-refractivity contribution in [2.75, 3.05) is 6.54 Å². The average Bonchev–Trinajstić information content (AvgIpc) is 3.06. The van der Waals surface area contributed by atoms with Crippen LogP contribution in [-0.2, 0) is 11.4 Å². The molecule has 2 N–H and O–H groups in total. The maximum atomic E-state index is 12.3. The first-order valence-electron chi connectivity index (χ1n) is 9.05. The quantitative estimate of drug-likeness (QED) is 0.688. The Morgan fingerprint density at radius 1 is 1.14 bits per heavy atom. The molecule has 7 nitrogen and oxygen atoms in total. The maximum absolute atomic E-state index is 12.3. The van der Waals surface area contributed by atoms with Gasteiger partial charge in [-0.3, -0.25) is 9.59 Å². The molecule has 0 saturated carbocycles. The summed E-state index contributed by atoms with van der Waals surface area (Å²) in [6, 6.07) is 12.6. The lowest BCUT2D eigenvalue weighted by molar-refractivity contribution is -0.121. The first-order valence-corrected chi connectivity index (χ1v) is 9.05. The first-order chi connectivity index (χ1) is 13.3. The molecule has 0 radical (unpaired) electrons. The van der Waals surface area contributed by atoms with Gasteiger partial charge >= 0.3 is 0 Å². The lowest BCUT2D eigenvalue weighted by atomic mass is 10.1. The van der Waals surface area contributed by atoms with Crippen LogP contribution in [0.2, 0.25) is 0 Å². The molecular formula is C21H24N4O3. The molecule has 7 heteroatoms. The summed E-state index contributed by atoms with van der Waals surface area (Å²) in [5.74, 6) is -0.00816. The summed E-state index contributed by atoms with van der Waals surface area (Å²) in [5, 5.41) is 5.42.